The second-order valence-electron chi connectivity index (χ2n) is 6.87. The summed E-state index contributed by atoms with van der Waals surface area (Å²) in [7, 11) is 0. The van der Waals surface area contributed by atoms with Crippen molar-refractivity contribution in [3.05, 3.63) is 60.2 Å². The first-order valence-corrected chi connectivity index (χ1v) is 9.06. The van der Waals surface area contributed by atoms with E-state index < -0.39 is 5.41 Å². The lowest BCUT2D eigenvalue weighted by molar-refractivity contribution is -0.135. The van der Waals surface area contributed by atoms with Gasteiger partial charge in [0.05, 0.1) is 18.4 Å². The first kappa shape index (κ1) is 16.6. The highest BCUT2D eigenvalue weighted by molar-refractivity contribution is 6.06. The number of hydrogen-bond donors (Lipinski definition) is 1. The van der Waals surface area contributed by atoms with E-state index in [0.717, 1.165) is 17.0 Å². The molecule has 0 saturated carbocycles. The summed E-state index contributed by atoms with van der Waals surface area (Å²) in [6, 6.07) is 17.4. The number of fused-ring (bicyclic) bond motifs is 2. The number of benzene rings is 2. The van der Waals surface area contributed by atoms with Crippen molar-refractivity contribution in [1.29, 1.82) is 0 Å². The maximum Gasteiger partial charge on any atom is 0.235 e. The number of amides is 2. The normalized spacial score (nSPS) is 17.7. The van der Waals surface area contributed by atoms with Crippen LogP contribution in [0.5, 0.6) is 5.75 Å². The zero-order chi connectivity index (χ0) is 18.0. The van der Waals surface area contributed by atoms with Crippen LogP contribution in [-0.2, 0) is 15.0 Å². The molecular formula is C21H22N2O3. The molecule has 5 heteroatoms. The van der Waals surface area contributed by atoms with Crippen LogP contribution in [0.2, 0.25) is 0 Å². The summed E-state index contributed by atoms with van der Waals surface area (Å²) in [5.74, 6) is 0.929. The largest absolute Gasteiger partial charge is 0.493 e. The molecule has 2 heterocycles. The van der Waals surface area contributed by atoms with E-state index in [2.05, 4.69) is 5.32 Å². The second kappa shape index (κ2) is 6.83. The van der Waals surface area contributed by atoms with E-state index in [1.807, 2.05) is 59.5 Å². The minimum atomic E-state index is -0.478. The summed E-state index contributed by atoms with van der Waals surface area (Å²) < 4.78 is 5.61. The zero-order valence-corrected chi connectivity index (χ0v) is 14.6. The predicted octanol–water partition coefficient (Wildman–Crippen LogP) is 2.97. The quantitative estimate of drug-likeness (QED) is 0.922. The van der Waals surface area contributed by atoms with Crippen molar-refractivity contribution >= 4 is 17.5 Å². The Morgan fingerprint density at radius 2 is 1.73 bits per heavy atom. The Bertz CT molecular complexity index is 811. The molecule has 1 spiro atoms. The van der Waals surface area contributed by atoms with Gasteiger partial charge in [-0.1, -0.05) is 36.4 Å². The highest BCUT2D eigenvalue weighted by atomic mass is 16.5. The van der Waals surface area contributed by atoms with Crippen LogP contribution in [0, 0.1) is 0 Å². The van der Waals surface area contributed by atoms with Gasteiger partial charge in [0, 0.05) is 18.8 Å². The van der Waals surface area contributed by atoms with Crippen molar-refractivity contribution in [2.45, 2.75) is 24.7 Å². The number of nitrogens with zero attached hydrogens (tertiary/aromatic N) is 1. The number of para-hydroxylation sites is 2. The van der Waals surface area contributed by atoms with Crippen LogP contribution >= 0.6 is 0 Å². The summed E-state index contributed by atoms with van der Waals surface area (Å²) >= 11 is 0. The van der Waals surface area contributed by atoms with Gasteiger partial charge in [0.1, 0.15) is 5.75 Å². The lowest BCUT2D eigenvalue weighted by Crippen LogP contribution is -2.48. The van der Waals surface area contributed by atoms with Gasteiger partial charge in [0.2, 0.25) is 11.8 Å². The molecule has 2 aliphatic heterocycles. The SMILES string of the molecule is O=C(CCOc1ccccc1)N1CCC2(CC1)C(=O)Nc1ccccc12. The van der Waals surface area contributed by atoms with Gasteiger partial charge in [-0.2, -0.15) is 0 Å². The van der Waals surface area contributed by atoms with Gasteiger partial charge < -0.3 is 15.0 Å². The molecule has 1 saturated heterocycles. The van der Waals surface area contributed by atoms with Crippen LogP contribution in [0.1, 0.15) is 24.8 Å². The first-order valence-electron chi connectivity index (χ1n) is 9.06. The Labute approximate surface area is 153 Å². The number of ether oxygens (including phenoxy) is 1. The summed E-state index contributed by atoms with van der Waals surface area (Å²) in [5.41, 5.74) is 1.51. The molecule has 0 atom stereocenters. The number of rotatable bonds is 4. The molecule has 2 aromatic rings. The Morgan fingerprint density at radius 3 is 2.50 bits per heavy atom. The van der Waals surface area contributed by atoms with Crippen molar-refractivity contribution in [3.63, 3.8) is 0 Å². The fourth-order valence-electron chi connectivity index (χ4n) is 3.94. The number of carbonyl (C=O) groups excluding carboxylic acids is 2. The topological polar surface area (TPSA) is 58.6 Å². The van der Waals surface area contributed by atoms with Gasteiger partial charge in [-0.15, -0.1) is 0 Å². The van der Waals surface area contributed by atoms with Crippen molar-refractivity contribution in [2.24, 2.45) is 0 Å². The van der Waals surface area contributed by atoms with E-state index >= 15 is 0 Å². The number of carbonyl (C=O) groups is 2. The molecule has 134 valence electrons. The molecule has 1 fully saturated rings. The Balaban J connectivity index is 1.34. The van der Waals surface area contributed by atoms with Crippen LogP contribution in [0.15, 0.2) is 54.6 Å². The number of hydrogen-bond acceptors (Lipinski definition) is 3. The van der Waals surface area contributed by atoms with Gasteiger partial charge in [-0.05, 0) is 36.6 Å². The van der Waals surface area contributed by atoms with Gasteiger partial charge in [0.15, 0.2) is 0 Å². The number of nitrogens with one attached hydrogen (secondary N) is 1. The Morgan fingerprint density at radius 1 is 1.04 bits per heavy atom. The zero-order valence-electron chi connectivity index (χ0n) is 14.6. The lowest BCUT2D eigenvalue weighted by Gasteiger charge is -2.38. The number of anilines is 1. The Kier molecular flexibility index (Phi) is 4.37. The molecule has 0 radical (unpaired) electrons. The smallest absolute Gasteiger partial charge is 0.235 e. The molecule has 0 aromatic heterocycles. The van der Waals surface area contributed by atoms with Crippen molar-refractivity contribution in [3.8, 4) is 5.75 Å². The van der Waals surface area contributed by atoms with E-state index in [1.54, 1.807) is 0 Å². The molecule has 2 amide bonds. The third kappa shape index (κ3) is 2.94. The number of piperidine rings is 1. The number of likely N-dealkylation sites (tertiary alicyclic amines) is 1. The van der Waals surface area contributed by atoms with Crippen molar-refractivity contribution < 1.29 is 14.3 Å². The van der Waals surface area contributed by atoms with E-state index in [-0.39, 0.29) is 11.8 Å². The fourth-order valence-corrected chi connectivity index (χ4v) is 3.94. The second-order valence-corrected chi connectivity index (χ2v) is 6.87. The maximum absolute atomic E-state index is 12.6. The van der Waals surface area contributed by atoms with Crippen molar-refractivity contribution in [2.75, 3.05) is 25.0 Å². The van der Waals surface area contributed by atoms with Gasteiger partial charge in [-0.25, -0.2) is 0 Å². The highest BCUT2D eigenvalue weighted by Crippen LogP contribution is 2.44. The molecule has 5 nitrogen and oxygen atoms in total. The monoisotopic (exact) mass is 350 g/mol. The average molecular weight is 350 g/mol. The predicted molar refractivity (Wildman–Crippen MR) is 99.1 cm³/mol. The molecule has 2 aromatic carbocycles. The standard InChI is InChI=1S/C21H22N2O3/c24-19(10-15-26-16-6-2-1-3-7-16)23-13-11-21(12-14-23)17-8-4-5-9-18(17)22-20(21)25/h1-9H,10-15H2,(H,22,25). The molecular weight excluding hydrogens is 328 g/mol. The van der Waals surface area contributed by atoms with E-state index in [0.29, 0.717) is 39.0 Å². The van der Waals surface area contributed by atoms with Crippen LogP contribution in [0.25, 0.3) is 0 Å². The molecule has 26 heavy (non-hydrogen) atoms. The van der Waals surface area contributed by atoms with E-state index in [1.165, 1.54) is 0 Å². The van der Waals surface area contributed by atoms with Gasteiger partial charge in [0.25, 0.3) is 0 Å². The first-order chi connectivity index (χ1) is 12.7. The Hall–Kier alpha value is -2.82. The van der Waals surface area contributed by atoms with Crippen LogP contribution in [0.3, 0.4) is 0 Å². The maximum atomic E-state index is 12.6. The van der Waals surface area contributed by atoms with Crippen molar-refractivity contribution in [1.82, 2.24) is 4.90 Å². The van der Waals surface area contributed by atoms with Crippen LogP contribution < -0.4 is 10.1 Å². The van der Waals surface area contributed by atoms with Gasteiger partial charge >= 0.3 is 0 Å². The molecule has 0 aliphatic carbocycles. The summed E-state index contributed by atoms with van der Waals surface area (Å²) in [6.07, 6.45) is 1.69. The lowest BCUT2D eigenvalue weighted by atomic mass is 9.73. The van der Waals surface area contributed by atoms with Crippen LogP contribution in [0.4, 0.5) is 5.69 Å². The minimum absolute atomic E-state index is 0.0678. The molecule has 2 aliphatic rings. The third-order valence-corrected chi connectivity index (χ3v) is 5.42. The molecule has 0 bridgehead atoms. The molecule has 4 rings (SSSR count). The summed E-state index contributed by atoms with van der Waals surface area (Å²) in [6.45, 7) is 1.58. The van der Waals surface area contributed by atoms with E-state index in [9.17, 15) is 9.59 Å². The van der Waals surface area contributed by atoms with Crippen LogP contribution in [-0.4, -0.2) is 36.4 Å². The fraction of sp³-hybridized carbons (Fsp3) is 0.333. The average Bonchev–Trinajstić information content (AvgIpc) is 2.95. The minimum Gasteiger partial charge on any atom is -0.493 e. The third-order valence-electron chi connectivity index (χ3n) is 5.42. The summed E-state index contributed by atoms with van der Waals surface area (Å²) in [4.78, 5) is 26.9. The highest BCUT2D eigenvalue weighted by Gasteiger charge is 2.48. The van der Waals surface area contributed by atoms with E-state index in [4.69, 9.17) is 4.74 Å². The molecule has 1 N–H and O–H groups in total. The molecule has 0 unspecified atom stereocenters. The summed E-state index contributed by atoms with van der Waals surface area (Å²) in [5, 5.41) is 2.99. The van der Waals surface area contributed by atoms with Gasteiger partial charge in [-0.3, -0.25) is 9.59 Å².